The van der Waals surface area contributed by atoms with Gasteiger partial charge in [0.15, 0.2) is 0 Å². The van der Waals surface area contributed by atoms with Gasteiger partial charge in [0, 0.05) is 0 Å². The summed E-state index contributed by atoms with van der Waals surface area (Å²) in [6.45, 7) is 4.90. The number of nitrogens with zero attached hydrogens (tertiary/aromatic N) is 2. The van der Waals surface area contributed by atoms with Gasteiger partial charge >= 0.3 is 0 Å². The number of aromatic nitrogens is 2. The molecule has 0 spiro atoms. The molecule has 0 fully saturated rings. The predicted molar refractivity (Wildman–Crippen MR) is 60.5 cm³/mol. The quantitative estimate of drug-likeness (QED) is 0.550. The van der Waals surface area contributed by atoms with Crippen molar-refractivity contribution in [2.24, 2.45) is 0 Å². The van der Waals surface area contributed by atoms with Gasteiger partial charge < -0.3 is 9.30 Å². The lowest BCUT2D eigenvalue weighted by molar-refractivity contribution is 0.0832. The third kappa shape index (κ3) is 2.25. The molecule has 0 amide bonds. The number of hydrogen-bond acceptors (Lipinski definition) is 2. The molecule has 2 rings (SSSR count). The van der Waals surface area contributed by atoms with Crippen molar-refractivity contribution >= 4 is 11.0 Å². The largest absolute Gasteiger partial charge is 0.360 e. The molecule has 0 saturated carbocycles. The van der Waals surface area contributed by atoms with Crippen LogP contribution in [-0.4, -0.2) is 16.2 Å². The number of fused-ring (bicyclic) bond motifs is 1. The normalized spacial score (nSPS) is 10.7. The second-order valence-electron chi connectivity index (χ2n) is 3.32. The minimum atomic E-state index is 0.550. The number of para-hydroxylation sites is 2. The summed E-state index contributed by atoms with van der Waals surface area (Å²) in [7, 11) is 0. The molecule has 0 unspecified atom stereocenters. The van der Waals surface area contributed by atoms with Gasteiger partial charge in [0.25, 0.3) is 0 Å². The van der Waals surface area contributed by atoms with Crippen molar-refractivity contribution in [3.63, 3.8) is 0 Å². The molecule has 0 aliphatic heterocycles. The summed E-state index contributed by atoms with van der Waals surface area (Å²) in [4.78, 5) is 4.28. The van der Waals surface area contributed by atoms with E-state index in [-0.39, 0.29) is 0 Å². The van der Waals surface area contributed by atoms with Crippen LogP contribution in [0.4, 0.5) is 0 Å². The number of imidazole rings is 1. The van der Waals surface area contributed by atoms with Crippen LogP contribution in [0.2, 0.25) is 0 Å². The summed E-state index contributed by atoms with van der Waals surface area (Å²) in [6.07, 6.45) is 4.54. The Morgan fingerprint density at radius 2 is 2.27 bits per heavy atom. The monoisotopic (exact) mass is 202 g/mol. The highest BCUT2D eigenvalue weighted by Gasteiger charge is 1.99. The van der Waals surface area contributed by atoms with E-state index in [1.807, 2.05) is 34.9 Å². The zero-order valence-electron chi connectivity index (χ0n) is 8.60. The van der Waals surface area contributed by atoms with Crippen LogP contribution in [-0.2, 0) is 11.5 Å². The Bertz CT molecular complexity index is 448. The minimum absolute atomic E-state index is 0.550. The predicted octanol–water partition coefficient (Wildman–Crippen LogP) is 2.59. The van der Waals surface area contributed by atoms with Crippen molar-refractivity contribution in [1.29, 1.82) is 0 Å². The van der Waals surface area contributed by atoms with Crippen molar-refractivity contribution in [2.75, 3.05) is 6.61 Å². The van der Waals surface area contributed by atoms with Crippen LogP contribution in [0.25, 0.3) is 11.0 Å². The van der Waals surface area contributed by atoms with Crippen LogP contribution >= 0.6 is 0 Å². The fraction of sp³-hybridized carbons (Fsp3) is 0.250. The first-order chi connectivity index (χ1) is 7.42. The van der Waals surface area contributed by atoms with Gasteiger partial charge in [-0.05, 0) is 18.6 Å². The lowest BCUT2D eigenvalue weighted by Crippen LogP contribution is -2.01. The van der Waals surface area contributed by atoms with Crippen molar-refractivity contribution < 1.29 is 4.74 Å². The topological polar surface area (TPSA) is 27.1 Å². The average Bonchev–Trinajstić information content (AvgIpc) is 2.68. The summed E-state index contributed by atoms with van der Waals surface area (Å²) < 4.78 is 7.48. The van der Waals surface area contributed by atoms with E-state index in [1.54, 1.807) is 6.33 Å². The number of ether oxygens (including phenoxy) is 1. The molecule has 0 saturated heterocycles. The smallest absolute Gasteiger partial charge is 0.124 e. The Balaban J connectivity index is 2.05. The van der Waals surface area contributed by atoms with Crippen LogP contribution in [0, 0.1) is 0 Å². The SMILES string of the molecule is C=CCCOCn1cnc2ccccc21. The first kappa shape index (κ1) is 9.93. The van der Waals surface area contributed by atoms with E-state index in [2.05, 4.69) is 11.6 Å². The maximum absolute atomic E-state index is 5.48. The molecular weight excluding hydrogens is 188 g/mol. The first-order valence-corrected chi connectivity index (χ1v) is 5.00. The Morgan fingerprint density at radius 3 is 3.13 bits per heavy atom. The summed E-state index contributed by atoms with van der Waals surface area (Å²) >= 11 is 0. The van der Waals surface area contributed by atoms with Crippen molar-refractivity contribution in [2.45, 2.75) is 13.2 Å². The molecule has 2 aromatic rings. The average molecular weight is 202 g/mol. The van der Waals surface area contributed by atoms with Gasteiger partial charge in [0.1, 0.15) is 6.73 Å². The standard InChI is InChI=1S/C12H14N2O/c1-2-3-8-15-10-14-9-13-11-6-4-5-7-12(11)14/h2,4-7,9H,1,3,8,10H2. The van der Waals surface area contributed by atoms with Gasteiger partial charge in [-0.3, -0.25) is 0 Å². The molecule has 0 atom stereocenters. The molecule has 0 aliphatic carbocycles. The van der Waals surface area contributed by atoms with Crippen LogP contribution < -0.4 is 0 Å². The lowest BCUT2D eigenvalue weighted by Gasteiger charge is -2.04. The molecular formula is C12H14N2O. The molecule has 15 heavy (non-hydrogen) atoms. The van der Waals surface area contributed by atoms with E-state index >= 15 is 0 Å². The molecule has 1 aromatic heterocycles. The zero-order chi connectivity index (χ0) is 10.5. The second kappa shape index (κ2) is 4.75. The number of benzene rings is 1. The van der Waals surface area contributed by atoms with E-state index < -0.39 is 0 Å². The van der Waals surface area contributed by atoms with Crippen molar-refractivity contribution in [3.8, 4) is 0 Å². The van der Waals surface area contributed by atoms with E-state index in [9.17, 15) is 0 Å². The van der Waals surface area contributed by atoms with E-state index in [0.717, 1.165) is 17.5 Å². The molecule has 3 nitrogen and oxygen atoms in total. The Labute approximate surface area is 89.0 Å². The fourth-order valence-electron chi connectivity index (χ4n) is 1.44. The first-order valence-electron chi connectivity index (χ1n) is 5.00. The van der Waals surface area contributed by atoms with Crippen LogP contribution in [0.3, 0.4) is 0 Å². The number of hydrogen-bond donors (Lipinski definition) is 0. The van der Waals surface area contributed by atoms with E-state index in [1.165, 1.54) is 0 Å². The maximum Gasteiger partial charge on any atom is 0.124 e. The highest BCUT2D eigenvalue weighted by Crippen LogP contribution is 2.11. The van der Waals surface area contributed by atoms with Gasteiger partial charge in [-0.1, -0.05) is 18.2 Å². The van der Waals surface area contributed by atoms with Gasteiger partial charge in [0.2, 0.25) is 0 Å². The Hall–Kier alpha value is -1.61. The third-order valence-electron chi connectivity index (χ3n) is 2.22. The summed E-state index contributed by atoms with van der Waals surface area (Å²) in [5.74, 6) is 0. The van der Waals surface area contributed by atoms with E-state index in [0.29, 0.717) is 13.3 Å². The van der Waals surface area contributed by atoms with E-state index in [4.69, 9.17) is 4.74 Å². The number of rotatable bonds is 5. The molecule has 0 radical (unpaired) electrons. The van der Waals surface area contributed by atoms with Crippen LogP contribution in [0.15, 0.2) is 43.2 Å². The summed E-state index contributed by atoms with van der Waals surface area (Å²) in [5.41, 5.74) is 2.11. The highest BCUT2D eigenvalue weighted by molar-refractivity contribution is 5.74. The van der Waals surface area contributed by atoms with Gasteiger partial charge in [-0.15, -0.1) is 6.58 Å². The van der Waals surface area contributed by atoms with Crippen LogP contribution in [0.5, 0.6) is 0 Å². The molecule has 78 valence electrons. The lowest BCUT2D eigenvalue weighted by atomic mass is 10.3. The molecule has 1 aromatic carbocycles. The second-order valence-corrected chi connectivity index (χ2v) is 3.32. The van der Waals surface area contributed by atoms with Gasteiger partial charge in [0.05, 0.1) is 24.0 Å². The molecule has 3 heteroatoms. The molecule has 0 aliphatic rings. The summed E-state index contributed by atoms with van der Waals surface area (Å²) in [6, 6.07) is 8.03. The minimum Gasteiger partial charge on any atom is -0.360 e. The Kier molecular flexibility index (Phi) is 3.15. The maximum atomic E-state index is 5.48. The molecule has 0 bridgehead atoms. The zero-order valence-corrected chi connectivity index (χ0v) is 8.60. The summed E-state index contributed by atoms with van der Waals surface area (Å²) in [5, 5.41) is 0. The van der Waals surface area contributed by atoms with Crippen LogP contribution in [0.1, 0.15) is 6.42 Å². The van der Waals surface area contributed by atoms with Gasteiger partial charge in [-0.25, -0.2) is 4.98 Å². The van der Waals surface area contributed by atoms with Crippen molar-refractivity contribution in [1.82, 2.24) is 9.55 Å². The highest BCUT2D eigenvalue weighted by atomic mass is 16.5. The fourth-order valence-corrected chi connectivity index (χ4v) is 1.44. The molecule has 1 heterocycles. The Morgan fingerprint density at radius 1 is 1.40 bits per heavy atom. The van der Waals surface area contributed by atoms with Gasteiger partial charge in [-0.2, -0.15) is 0 Å². The van der Waals surface area contributed by atoms with Crippen molar-refractivity contribution in [3.05, 3.63) is 43.2 Å². The molecule has 0 N–H and O–H groups in total. The third-order valence-corrected chi connectivity index (χ3v) is 2.22.